The molecule has 9 heteroatoms. The van der Waals surface area contributed by atoms with E-state index in [1.54, 1.807) is 0 Å². The number of aliphatic hydroxyl groups is 1. The topological polar surface area (TPSA) is 78.4 Å². The van der Waals surface area contributed by atoms with Gasteiger partial charge in [-0.15, -0.1) is 10.2 Å². The summed E-state index contributed by atoms with van der Waals surface area (Å²) in [5.74, 6) is -1.30. The summed E-state index contributed by atoms with van der Waals surface area (Å²) in [6.45, 7) is 2.57. The number of halogens is 2. The fourth-order valence-corrected chi connectivity index (χ4v) is 3.18. The molecule has 1 aromatic heterocycles. The highest BCUT2D eigenvalue weighted by atomic mass is 32.1. The van der Waals surface area contributed by atoms with E-state index in [4.69, 9.17) is 0 Å². The number of benzene rings is 1. The third-order valence-corrected chi connectivity index (χ3v) is 4.78. The van der Waals surface area contributed by atoms with E-state index in [1.165, 1.54) is 17.0 Å². The average molecular weight is 368 g/mol. The van der Waals surface area contributed by atoms with Crippen molar-refractivity contribution < 1.29 is 18.7 Å². The van der Waals surface area contributed by atoms with Gasteiger partial charge in [-0.25, -0.2) is 13.6 Å². The standard InChI is InChI=1S/C16H18F2N4O2S/c1-2-22(9-16(24)3-4-16)15(23)19-14-21-20-13(25-14)7-10-5-11(17)8-12(18)6-10/h5-6,8,24H,2-4,7,9H2,1H3,(H,19,21,23). The van der Waals surface area contributed by atoms with Crippen LogP contribution in [-0.4, -0.2) is 44.9 Å². The minimum absolute atomic E-state index is 0.222. The van der Waals surface area contributed by atoms with E-state index < -0.39 is 17.2 Å². The van der Waals surface area contributed by atoms with Crippen LogP contribution in [0.1, 0.15) is 30.3 Å². The number of amides is 2. The van der Waals surface area contributed by atoms with Gasteiger partial charge in [-0.1, -0.05) is 11.3 Å². The first-order valence-electron chi connectivity index (χ1n) is 7.92. The first-order chi connectivity index (χ1) is 11.9. The average Bonchev–Trinajstić information content (AvgIpc) is 3.10. The molecule has 2 amide bonds. The summed E-state index contributed by atoms with van der Waals surface area (Å²) in [7, 11) is 0. The molecule has 134 valence electrons. The number of likely N-dealkylation sites (N-methyl/N-ethyl adjacent to an activating group) is 1. The van der Waals surface area contributed by atoms with E-state index >= 15 is 0 Å². The molecule has 25 heavy (non-hydrogen) atoms. The van der Waals surface area contributed by atoms with Crippen LogP contribution in [0.15, 0.2) is 18.2 Å². The predicted octanol–water partition coefficient (Wildman–Crippen LogP) is 2.79. The number of rotatable bonds is 6. The van der Waals surface area contributed by atoms with Crippen molar-refractivity contribution in [3.05, 3.63) is 40.4 Å². The van der Waals surface area contributed by atoms with E-state index in [0.29, 0.717) is 35.1 Å². The van der Waals surface area contributed by atoms with Crippen LogP contribution in [0, 0.1) is 11.6 Å². The number of nitrogens with zero attached hydrogens (tertiary/aromatic N) is 3. The van der Waals surface area contributed by atoms with Crippen molar-refractivity contribution in [3.8, 4) is 0 Å². The lowest BCUT2D eigenvalue weighted by Gasteiger charge is -2.23. The fraction of sp³-hybridized carbons (Fsp3) is 0.438. The van der Waals surface area contributed by atoms with Gasteiger partial charge in [0.15, 0.2) is 0 Å². The number of nitrogens with one attached hydrogen (secondary N) is 1. The number of carbonyl (C=O) groups is 1. The van der Waals surface area contributed by atoms with Gasteiger partial charge < -0.3 is 10.0 Å². The van der Waals surface area contributed by atoms with Gasteiger partial charge in [-0.2, -0.15) is 0 Å². The molecule has 0 aliphatic heterocycles. The second-order valence-corrected chi connectivity index (χ2v) is 7.19. The number of hydrogen-bond acceptors (Lipinski definition) is 5. The zero-order valence-corrected chi connectivity index (χ0v) is 14.4. The Morgan fingerprint density at radius 1 is 1.32 bits per heavy atom. The van der Waals surface area contributed by atoms with Crippen LogP contribution in [-0.2, 0) is 6.42 Å². The van der Waals surface area contributed by atoms with Crippen LogP contribution < -0.4 is 5.32 Å². The number of hydrogen-bond donors (Lipinski definition) is 2. The van der Waals surface area contributed by atoms with Crippen molar-refractivity contribution >= 4 is 22.5 Å². The summed E-state index contributed by atoms with van der Waals surface area (Å²) in [5.41, 5.74) is -0.321. The summed E-state index contributed by atoms with van der Waals surface area (Å²) in [4.78, 5) is 13.8. The molecule has 0 atom stereocenters. The molecule has 1 heterocycles. The molecule has 6 nitrogen and oxygen atoms in total. The Labute approximate surface area is 147 Å². The molecule has 1 saturated carbocycles. The molecule has 0 saturated heterocycles. The number of urea groups is 1. The maximum atomic E-state index is 13.2. The van der Waals surface area contributed by atoms with Gasteiger partial charge in [0.2, 0.25) is 5.13 Å². The molecular weight excluding hydrogens is 350 g/mol. The van der Waals surface area contributed by atoms with Gasteiger partial charge in [0, 0.05) is 19.0 Å². The van der Waals surface area contributed by atoms with Gasteiger partial charge >= 0.3 is 6.03 Å². The number of aromatic nitrogens is 2. The van der Waals surface area contributed by atoms with Gasteiger partial charge in [0.05, 0.1) is 12.1 Å². The van der Waals surface area contributed by atoms with Gasteiger partial charge in [0.25, 0.3) is 0 Å². The molecule has 2 aromatic rings. The Balaban J connectivity index is 1.61. The number of anilines is 1. The lowest BCUT2D eigenvalue weighted by atomic mass is 10.1. The fourth-order valence-electron chi connectivity index (χ4n) is 2.42. The van der Waals surface area contributed by atoms with Crippen LogP contribution in [0.4, 0.5) is 18.7 Å². The first-order valence-corrected chi connectivity index (χ1v) is 8.74. The lowest BCUT2D eigenvalue weighted by molar-refractivity contribution is 0.107. The number of carbonyl (C=O) groups excluding carboxylic acids is 1. The molecule has 0 spiro atoms. The van der Waals surface area contributed by atoms with Crippen molar-refractivity contribution in [2.75, 3.05) is 18.4 Å². The van der Waals surface area contributed by atoms with E-state index in [0.717, 1.165) is 17.4 Å². The maximum Gasteiger partial charge on any atom is 0.323 e. The largest absolute Gasteiger partial charge is 0.388 e. The SMILES string of the molecule is CCN(CC1(O)CC1)C(=O)Nc1nnc(Cc2cc(F)cc(F)c2)s1. The van der Waals surface area contributed by atoms with Crippen LogP contribution in [0.25, 0.3) is 0 Å². The zero-order valence-electron chi connectivity index (χ0n) is 13.6. The molecule has 0 bridgehead atoms. The van der Waals surface area contributed by atoms with Crippen molar-refractivity contribution in [2.45, 2.75) is 31.8 Å². The third kappa shape index (κ3) is 4.70. The zero-order chi connectivity index (χ0) is 18.0. The van der Waals surface area contributed by atoms with Crippen molar-refractivity contribution in [3.63, 3.8) is 0 Å². The van der Waals surface area contributed by atoms with Crippen LogP contribution >= 0.6 is 11.3 Å². The van der Waals surface area contributed by atoms with Crippen LogP contribution in [0.5, 0.6) is 0 Å². The van der Waals surface area contributed by atoms with Crippen molar-refractivity contribution in [1.29, 1.82) is 0 Å². The highest BCUT2D eigenvalue weighted by Crippen LogP contribution is 2.35. The highest BCUT2D eigenvalue weighted by molar-refractivity contribution is 7.15. The predicted molar refractivity (Wildman–Crippen MR) is 89.5 cm³/mol. The summed E-state index contributed by atoms with van der Waals surface area (Å²) in [6, 6.07) is 2.92. The van der Waals surface area contributed by atoms with E-state index in [1.807, 2.05) is 6.92 Å². The monoisotopic (exact) mass is 368 g/mol. The Morgan fingerprint density at radius 2 is 2.00 bits per heavy atom. The molecule has 2 N–H and O–H groups in total. The van der Waals surface area contributed by atoms with Crippen LogP contribution in [0.2, 0.25) is 0 Å². The van der Waals surface area contributed by atoms with Crippen LogP contribution in [0.3, 0.4) is 0 Å². The third-order valence-electron chi connectivity index (χ3n) is 3.94. The molecular formula is C16H18F2N4O2S. The second kappa shape index (κ2) is 7.01. The van der Waals surface area contributed by atoms with E-state index in [2.05, 4.69) is 15.5 Å². The van der Waals surface area contributed by atoms with Crippen molar-refractivity contribution in [1.82, 2.24) is 15.1 Å². The molecule has 0 radical (unpaired) electrons. The Morgan fingerprint density at radius 3 is 2.60 bits per heavy atom. The summed E-state index contributed by atoms with van der Waals surface area (Å²) < 4.78 is 26.4. The van der Waals surface area contributed by atoms with Gasteiger partial charge in [-0.3, -0.25) is 5.32 Å². The molecule has 1 aliphatic rings. The Kier molecular flexibility index (Phi) is 4.96. The normalized spacial score (nSPS) is 15.0. The van der Waals surface area contributed by atoms with E-state index in [9.17, 15) is 18.7 Å². The molecule has 3 rings (SSSR count). The molecule has 1 aromatic carbocycles. The smallest absolute Gasteiger partial charge is 0.323 e. The van der Waals surface area contributed by atoms with Gasteiger partial charge in [0.1, 0.15) is 16.6 Å². The summed E-state index contributed by atoms with van der Waals surface area (Å²) in [5, 5.41) is 21.3. The first kappa shape index (κ1) is 17.7. The minimum Gasteiger partial charge on any atom is -0.388 e. The Hall–Kier alpha value is -2.13. The Bertz CT molecular complexity index is 759. The quantitative estimate of drug-likeness (QED) is 0.822. The lowest BCUT2D eigenvalue weighted by Crippen LogP contribution is -2.41. The summed E-state index contributed by atoms with van der Waals surface area (Å²) in [6.07, 6.45) is 1.62. The molecule has 0 unspecified atom stereocenters. The maximum absolute atomic E-state index is 13.2. The minimum atomic E-state index is -0.763. The van der Waals surface area contributed by atoms with Gasteiger partial charge in [-0.05, 0) is 37.5 Å². The van der Waals surface area contributed by atoms with E-state index in [-0.39, 0.29) is 19.0 Å². The molecule has 1 fully saturated rings. The van der Waals surface area contributed by atoms with Crippen molar-refractivity contribution in [2.24, 2.45) is 0 Å². The summed E-state index contributed by atoms with van der Waals surface area (Å²) >= 11 is 1.14. The molecule has 1 aliphatic carbocycles. The highest BCUT2D eigenvalue weighted by Gasteiger charge is 2.42. The second-order valence-electron chi connectivity index (χ2n) is 6.12.